The van der Waals surface area contributed by atoms with E-state index >= 15 is 0 Å². The molecule has 0 aliphatic rings. The van der Waals surface area contributed by atoms with Gasteiger partial charge in [0.1, 0.15) is 0 Å². The van der Waals surface area contributed by atoms with Gasteiger partial charge < -0.3 is 5.48 Å². The molecule has 0 heterocycles. The summed E-state index contributed by atoms with van der Waals surface area (Å²) in [5.41, 5.74) is 0. The van der Waals surface area contributed by atoms with E-state index < -0.39 is 0 Å². The maximum atomic E-state index is 0. The monoisotopic (exact) mass is 363 g/mol. The fourth-order valence-electron chi connectivity index (χ4n) is 0. The fraction of sp³-hybridized carbons (Fsp3) is 0. The number of hydrogen-bond acceptors (Lipinski definition) is 0. The zero-order valence-corrected chi connectivity index (χ0v) is 12.6. The van der Waals surface area contributed by atoms with Crippen molar-refractivity contribution in [3.63, 3.8) is 0 Å². The van der Waals surface area contributed by atoms with Gasteiger partial charge in [-0.05, 0) is 0 Å². The molecule has 5 radical (unpaired) electrons. The molecule has 0 unspecified atom stereocenters. The molecular formula is H2CsOSiW. The average molecular weight is 363 g/mol. The standard InChI is InChI=1S/Cs.H2O.Si.W/h;1H2;;. The minimum absolute atomic E-state index is 0. The largest absolute Gasteiger partial charge is 0.412 e. The first kappa shape index (κ1) is 28.5. The van der Waals surface area contributed by atoms with Crippen LogP contribution in [0, 0.1) is 0 Å². The van der Waals surface area contributed by atoms with Crippen LogP contribution < -0.4 is 0 Å². The Hall–Kier alpha value is 2.92. The molecule has 0 saturated carbocycles. The predicted octanol–water partition coefficient (Wildman–Crippen LogP) is -1.59. The zero-order chi connectivity index (χ0) is 0. The smallest absolute Gasteiger partial charge is 0 e. The van der Waals surface area contributed by atoms with Crippen LogP contribution in [-0.4, -0.2) is 85.3 Å². The summed E-state index contributed by atoms with van der Waals surface area (Å²) in [6.45, 7) is 0. The van der Waals surface area contributed by atoms with Gasteiger partial charge in [0.25, 0.3) is 0 Å². The first-order chi connectivity index (χ1) is 0. The van der Waals surface area contributed by atoms with Crippen LogP contribution in [0.2, 0.25) is 0 Å². The van der Waals surface area contributed by atoms with Gasteiger partial charge in [0.2, 0.25) is 0 Å². The minimum atomic E-state index is 0. The van der Waals surface area contributed by atoms with Crippen LogP contribution in [0.3, 0.4) is 0 Å². The summed E-state index contributed by atoms with van der Waals surface area (Å²) in [5, 5.41) is 0. The van der Waals surface area contributed by atoms with Crippen molar-refractivity contribution < 1.29 is 26.5 Å². The molecule has 4 heteroatoms. The van der Waals surface area contributed by atoms with Crippen LogP contribution in [0.5, 0.6) is 0 Å². The van der Waals surface area contributed by atoms with Crippen molar-refractivity contribution >= 4 is 79.9 Å². The Labute approximate surface area is 103 Å². The van der Waals surface area contributed by atoms with Crippen molar-refractivity contribution in [3.05, 3.63) is 0 Å². The van der Waals surface area contributed by atoms with E-state index in [1.54, 1.807) is 0 Å². The third-order valence-corrected chi connectivity index (χ3v) is 0. The van der Waals surface area contributed by atoms with Crippen molar-refractivity contribution in [2.75, 3.05) is 0 Å². The molecule has 0 saturated heterocycles. The first-order valence-electron chi connectivity index (χ1n) is 0. The summed E-state index contributed by atoms with van der Waals surface area (Å²) in [4.78, 5) is 0. The van der Waals surface area contributed by atoms with Crippen molar-refractivity contribution in [2.45, 2.75) is 0 Å². The maximum Gasteiger partial charge on any atom is 0 e. The summed E-state index contributed by atoms with van der Waals surface area (Å²) in [5.74, 6) is 0. The number of hydrogen-bond donors (Lipinski definition) is 0. The van der Waals surface area contributed by atoms with Crippen LogP contribution in [0.1, 0.15) is 0 Å². The van der Waals surface area contributed by atoms with Gasteiger partial charge in [0.15, 0.2) is 0 Å². The van der Waals surface area contributed by atoms with E-state index in [9.17, 15) is 0 Å². The third kappa shape index (κ3) is 8.87. The van der Waals surface area contributed by atoms with Crippen molar-refractivity contribution in [1.82, 2.24) is 0 Å². The van der Waals surface area contributed by atoms with E-state index in [1.807, 2.05) is 0 Å². The Kier molecular flexibility index (Phi) is 120. The van der Waals surface area contributed by atoms with Crippen molar-refractivity contribution in [1.29, 1.82) is 0 Å². The van der Waals surface area contributed by atoms with Crippen molar-refractivity contribution in [2.24, 2.45) is 0 Å². The van der Waals surface area contributed by atoms with E-state index in [-0.39, 0.29) is 106 Å². The third-order valence-electron chi connectivity index (χ3n) is 0. The van der Waals surface area contributed by atoms with Gasteiger partial charge in [-0.2, -0.15) is 0 Å². The van der Waals surface area contributed by atoms with E-state index in [0.717, 1.165) is 0 Å². The Morgan fingerprint density at radius 1 is 1.00 bits per heavy atom. The molecule has 0 spiro atoms. The number of rotatable bonds is 0. The summed E-state index contributed by atoms with van der Waals surface area (Å²) in [6.07, 6.45) is 0. The second-order valence-corrected chi connectivity index (χ2v) is 0. The molecule has 0 fully saturated rings. The Bertz CT molecular complexity index is 8.00. The second kappa shape index (κ2) is 16.8. The molecule has 1 nitrogen and oxygen atoms in total. The topological polar surface area (TPSA) is 31.5 Å². The molecule has 0 rings (SSSR count). The summed E-state index contributed by atoms with van der Waals surface area (Å²) >= 11 is 0. The Balaban J connectivity index is 0. The predicted molar refractivity (Wildman–Crippen MR) is 15.1 cm³/mol. The van der Waals surface area contributed by atoms with Gasteiger partial charge >= 0.3 is 0 Å². The molecule has 2 N–H and O–H groups in total. The van der Waals surface area contributed by atoms with Gasteiger partial charge in [0.05, 0.1) is 0 Å². The Morgan fingerprint density at radius 2 is 1.00 bits per heavy atom. The molecular weight excluding hydrogens is 361 g/mol. The van der Waals surface area contributed by atoms with Crippen LogP contribution in [0.25, 0.3) is 0 Å². The minimum Gasteiger partial charge on any atom is -0.412 e. The second-order valence-electron chi connectivity index (χ2n) is 0. The van der Waals surface area contributed by atoms with Crippen LogP contribution in [0.4, 0.5) is 0 Å². The average Bonchev–Trinajstić information content (AvgIpc) is 0. The summed E-state index contributed by atoms with van der Waals surface area (Å²) in [7, 11) is 0. The molecule has 0 aromatic rings. The van der Waals surface area contributed by atoms with E-state index in [1.165, 1.54) is 0 Å². The SMILES string of the molecule is O.[Cs].[Si].[W]. The molecule has 0 aromatic carbocycles. The maximum absolute atomic E-state index is 0. The first-order valence-corrected chi connectivity index (χ1v) is 0. The molecule has 0 bridgehead atoms. The molecule has 19 valence electrons. The van der Waals surface area contributed by atoms with E-state index in [2.05, 4.69) is 0 Å². The molecule has 0 amide bonds. The zero-order valence-electron chi connectivity index (χ0n) is 2.41. The van der Waals surface area contributed by atoms with Gasteiger partial charge in [-0.1, -0.05) is 0 Å². The van der Waals surface area contributed by atoms with Crippen LogP contribution in [0.15, 0.2) is 0 Å². The van der Waals surface area contributed by atoms with Crippen LogP contribution in [-0.2, 0) is 21.1 Å². The van der Waals surface area contributed by atoms with Gasteiger partial charge in [-0.3, -0.25) is 0 Å². The molecule has 4 heavy (non-hydrogen) atoms. The van der Waals surface area contributed by atoms with Crippen molar-refractivity contribution in [3.8, 4) is 0 Å². The summed E-state index contributed by atoms with van der Waals surface area (Å²) < 4.78 is 0. The molecule has 0 aromatic heterocycles. The fourth-order valence-corrected chi connectivity index (χ4v) is 0. The van der Waals surface area contributed by atoms with Gasteiger partial charge in [0, 0.05) is 101 Å². The van der Waals surface area contributed by atoms with Gasteiger partial charge in [-0.15, -0.1) is 0 Å². The Morgan fingerprint density at radius 3 is 1.00 bits per heavy atom. The van der Waals surface area contributed by atoms with E-state index in [0.29, 0.717) is 0 Å². The molecule has 0 aliphatic heterocycles. The van der Waals surface area contributed by atoms with E-state index in [4.69, 9.17) is 0 Å². The molecule has 0 atom stereocenters. The quantitative estimate of drug-likeness (QED) is 0.466. The van der Waals surface area contributed by atoms with Crippen LogP contribution >= 0.6 is 0 Å². The summed E-state index contributed by atoms with van der Waals surface area (Å²) in [6, 6.07) is 0. The molecule has 0 aliphatic carbocycles. The normalized spacial score (nSPS) is 0. The van der Waals surface area contributed by atoms with Gasteiger partial charge in [-0.25, -0.2) is 0 Å².